The van der Waals surface area contributed by atoms with Crippen LogP contribution >= 0.6 is 0 Å². The Kier molecular flexibility index (Phi) is 8.05. The molecule has 1 aromatic carbocycles. The molecule has 4 aromatic heterocycles. The first kappa shape index (κ1) is 30.3. The minimum absolute atomic E-state index is 0.0658. The molecule has 1 unspecified atom stereocenters. The third kappa shape index (κ3) is 6.40. The van der Waals surface area contributed by atoms with E-state index in [1.54, 1.807) is 40.9 Å². The van der Waals surface area contributed by atoms with Crippen LogP contribution in [-0.2, 0) is 7.05 Å². The molecule has 1 fully saturated rings. The highest BCUT2D eigenvalue weighted by molar-refractivity contribution is 6.03. The Morgan fingerprint density at radius 3 is 2.49 bits per heavy atom. The van der Waals surface area contributed by atoms with Gasteiger partial charge in [0.05, 0.1) is 23.1 Å². The zero-order valence-electron chi connectivity index (χ0n) is 23.8. The molecule has 2 N–H and O–H groups in total. The molecule has 1 aliphatic rings. The number of hydrogen-bond donors (Lipinski definition) is 2. The van der Waals surface area contributed by atoms with Crippen LogP contribution in [0.1, 0.15) is 34.8 Å². The molecule has 0 spiro atoms. The number of imidazole rings is 1. The number of aryl methyl sites for hydroxylation is 1. The van der Waals surface area contributed by atoms with Crippen molar-refractivity contribution in [3.63, 3.8) is 0 Å². The summed E-state index contributed by atoms with van der Waals surface area (Å²) in [4.78, 5) is 22.0. The maximum atomic E-state index is 13.8. The summed E-state index contributed by atoms with van der Waals surface area (Å²) in [5.74, 6) is -1.70. The summed E-state index contributed by atoms with van der Waals surface area (Å²) in [5, 5.41) is 21.7. The van der Waals surface area contributed by atoms with Gasteiger partial charge in [-0.25, -0.2) is 18.9 Å². The molecule has 1 amide bonds. The van der Waals surface area contributed by atoms with Gasteiger partial charge in [0, 0.05) is 42.9 Å². The average Bonchev–Trinajstić information content (AvgIpc) is 3.57. The molecule has 10 nitrogen and oxygen atoms in total. The van der Waals surface area contributed by atoms with E-state index in [2.05, 4.69) is 15.3 Å². The normalized spacial score (nSPS) is 15.4. The molecule has 5 heterocycles. The highest BCUT2D eigenvalue weighted by Crippen LogP contribution is 2.40. The van der Waals surface area contributed by atoms with Gasteiger partial charge in [0.2, 0.25) is 5.95 Å². The van der Waals surface area contributed by atoms with Crippen molar-refractivity contribution in [1.29, 1.82) is 0 Å². The maximum Gasteiger partial charge on any atom is 0.415 e. The standard InChI is InChI=1S/C30H27F5N8O2/c1-41-28(18-9-12-42(13-10-18)15-22(44)30(33,34)35)26(27(40-41)17-2-4-20(31)5-3-17)21-6-7-25-37-24(16-43(25)39-21)38-29(45)19-8-11-36-23(32)14-19/h2-8,11,14,16,18,22,44H,9-10,12-13,15H2,1H3,(H,38,45). The minimum atomic E-state index is -4.69. The van der Waals surface area contributed by atoms with E-state index in [4.69, 9.17) is 10.2 Å². The second-order valence-corrected chi connectivity index (χ2v) is 10.8. The van der Waals surface area contributed by atoms with Gasteiger partial charge in [-0.3, -0.25) is 9.48 Å². The third-order valence-corrected chi connectivity index (χ3v) is 7.80. The van der Waals surface area contributed by atoms with Crippen molar-refractivity contribution < 1.29 is 31.9 Å². The van der Waals surface area contributed by atoms with Crippen molar-refractivity contribution in [3.05, 3.63) is 83.9 Å². The van der Waals surface area contributed by atoms with Crippen molar-refractivity contribution in [1.82, 2.24) is 34.3 Å². The predicted octanol–water partition coefficient (Wildman–Crippen LogP) is 4.82. The van der Waals surface area contributed by atoms with Gasteiger partial charge < -0.3 is 15.3 Å². The summed E-state index contributed by atoms with van der Waals surface area (Å²) in [6, 6.07) is 11.7. The lowest BCUT2D eigenvalue weighted by atomic mass is 9.88. The number of aliphatic hydroxyl groups excluding tert-OH is 1. The number of alkyl halides is 3. The van der Waals surface area contributed by atoms with Gasteiger partial charge in [-0.1, -0.05) is 0 Å². The van der Waals surface area contributed by atoms with E-state index < -0.39 is 36.5 Å². The first-order valence-corrected chi connectivity index (χ1v) is 14.1. The Bertz CT molecular complexity index is 1850. The fourth-order valence-electron chi connectivity index (χ4n) is 5.61. The van der Waals surface area contributed by atoms with Crippen LogP contribution in [0.3, 0.4) is 0 Å². The molecule has 45 heavy (non-hydrogen) atoms. The number of carbonyl (C=O) groups excluding carboxylic acids is 1. The zero-order valence-corrected chi connectivity index (χ0v) is 23.8. The second-order valence-electron chi connectivity index (χ2n) is 10.8. The number of hydrogen-bond acceptors (Lipinski definition) is 7. The number of anilines is 1. The van der Waals surface area contributed by atoms with Crippen molar-refractivity contribution in [2.75, 3.05) is 25.0 Å². The Morgan fingerprint density at radius 2 is 1.80 bits per heavy atom. The van der Waals surface area contributed by atoms with E-state index in [0.717, 1.165) is 11.8 Å². The summed E-state index contributed by atoms with van der Waals surface area (Å²) in [6.07, 6.45) is -3.39. The van der Waals surface area contributed by atoms with E-state index >= 15 is 0 Å². The first-order valence-electron chi connectivity index (χ1n) is 14.1. The lowest BCUT2D eigenvalue weighted by Gasteiger charge is -2.33. The molecule has 234 valence electrons. The first-order chi connectivity index (χ1) is 21.5. The molecule has 0 radical (unpaired) electrons. The molecule has 1 aliphatic heterocycles. The third-order valence-electron chi connectivity index (χ3n) is 7.80. The number of nitrogens with one attached hydrogen (secondary N) is 1. The Balaban J connectivity index is 1.33. The van der Waals surface area contributed by atoms with Crippen LogP contribution in [-0.4, -0.2) is 77.2 Å². The van der Waals surface area contributed by atoms with Gasteiger partial charge in [0.1, 0.15) is 11.5 Å². The number of piperidine rings is 1. The van der Waals surface area contributed by atoms with Gasteiger partial charge in [-0.15, -0.1) is 0 Å². The summed E-state index contributed by atoms with van der Waals surface area (Å²) in [7, 11) is 1.77. The van der Waals surface area contributed by atoms with Crippen molar-refractivity contribution in [2.45, 2.75) is 31.0 Å². The second kappa shape index (κ2) is 12.0. The SMILES string of the molecule is Cn1nc(-c2ccc(F)cc2)c(-c2ccc3nc(NC(=O)c4ccnc(F)c4)cn3n2)c1C1CCN(CC(O)C(F)(F)F)CC1. The number of rotatable bonds is 7. The summed E-state index contributed by atoms with van der Waals surface area (Å²) in [5.41, 5.74) is 3.66. The lowest BCUT2D eigenvalue weighted by molar-refractivity contribution is -0.208. The van der Waals surface area contributed by atoms with Crippen molar-refractivity contribution >= 4 is 17.4 Å². The number of aliphatic hydroxyl groups is 1. The quantitative estimate of drug-likeness (QED) is 0.197. The number of halogens is 5. The number of likely N-dealkylation sites (tertiary alicyclic amines) is 1. The molecule has 0 bridgehead atoms. The molecule has 0 saturated carbocycles. The van der Waals surface area contributed by atoms with Crippen LogP contribution < -0.4 is 5.32 Å². The highest BCUT2D eigenvalue weighted by Gasteiger charge is 2.40. The van der Waals surface area contributed by atoms with Gasteiger partial charge in [-0.2, -0.15) is 27.8 Å². The van der Waals surface area contributed by atoms with Gasteiger partial charge in [0.25, 0.3) is 5.91 Å². The fraction of sp³-hybridized carbons (Fsp3) is 0.300. The molecule has 5 aromatic rings. The monoisotopic (exact) mass is 626 g/mol. The number of carbonyl (C=O) groups is 1. The fourth-order valence-corrected chi connectivity index (χ4v) is 5.61. The number of benzene rings is 1. The zero-order chi connectivity index (χ0) is 31.9. The molecule has 1 saturated heterocycles. The van der Waals surface area contributed by atoms with E-state index in [1.165, 1.54) is 35.1 Å². The van der Waals surface area contributed by atoms with Crippen molar-refractivity contribution in [2.24, 2.45) is 7.05 Å². The number of nitrogens with zero attached hydrogens (tertiary/aromatic N) is 7. The molecule has 6 rings (SSSR count). The summed E-state index contributed by atoms with van der Waals surface area (Å²) < 4.78 is 69.3. The van der Waals surface area contributed by atoms with E-state index in [1.807, 2.05) is 0 Å². The molecule has 15 heteroatoms. The number of β-amino-alcohol motifs (C(OH)–C–C–N with tert-alkyl or cyclic N) is 1. The van der Waals surface area contributed by atoms with Gasteiger partial charge >= 0.3 is 6.18 Å². The van der Waals surface area contributed by atoms with Crippen LogP contribution in [0, 0.1) is 11.8 Å². The molecule has 0 aliphatic carbocycles. The number of amides is 1. The maximum absolute atomic E-state index is 13.8. The van der Waals surface area contributed by atoms with Crippen LogP contribution in [0.4, 0.5) is 27.8 Å². The van der Waals surface area contributed by atoms with Crippen LogP contribution in [0.25, 0.3) is 28.2 Å². The minimum Gasteiger partial charge on any atom is -0.382 e. The number of aromatic nitrogens is 6. The Morgan fingerprint density at radius 1 is 1.07 bits per heavy atom. The number of fused-ring (bicyclic) bond motifs is 1. The van der Waals surface area contributed by atoms with E-state index in [9.17, 15) is 31.9 Å². The largest absolute Gasteiger partial charge is 0.415 e. The average molecular weight is 627 g/mol. The number of pyridine rings is 1. The smallest absolute Gasteiger partial charge is 0.382 e. The van der Waals surface area contributed by atoms with Gasteiger partial charge in [0.15, 0.2) is 17.6 Å². The predicted molar refractivity (Wildman–Crippen MR) is 153 cm³/mol. The Labute approximate surface area is 253 Å². The van der Waals surface area contributed by atoms with Gasteiger partial charge in [-0.05, 0) is 68.4 Å². The molecular formula is C30H27F5N8O2. The van der Waals surface area contributed by atoms with Crippen LogP contribution in [0.5, 0.6) is 0 Å². The topological polar surface area (TPSA) is 113 Å². The summed E-state index contributed by atoms with van der Waals surface area (Å²) >= 11 is 0. The van der Waals surface area contributed by atoms with Crippen LogP contribution in [0.15, 0.2) is 60.9 Å². The lowest BCUT2D eigenvalue weighted by Crippen LogP contribution is -2.44. The van der Waals surface area contributed by atoms with E-state index in [-0.39, 0.29) is 17.3 Å². The summed E-state index contributed by atoms with van der Waals surface area (Å²) in [6.45, 7) is 0.183. The van der Waals surface area contributed by atoms with E-state index in [0.29, 0.717) is 54.1 Å². The Hall–Kier alpha value is -4.76. The molecule has 1 atom stereocenters. The van der Waals surface area contributed by atoms with Crippen LogP contribution in [0.2, 0.25) is 0 Å². The highest BCUT2D eigenvalue weighted by atomic mass is 19.4. The van der Waals surface area contributed by atoms with Crippen molar-refractivity contribution in [3.8, 4) is 22.5 Å². The molecular weight excluding hydrogens is 599 g/mol.